The van der Waals surface area contributed by atoms with Crippen molar-refractivity contribution in [3.63, 3.8) is 0 Å². The predicted molar refractivity (Wildman–Crippen MR) is 78.5 cm³/mol. The number of para-hydroxylation sites is 2. The molecule has 2 aromatic carbocycles. The number of amides is 1. The van der Waals surface area contributed by atoms with Gasteiger partial charge in [0.15, 0.2) is 0 Å². The smallest absolute Gasteiger partial charge is 0.220 e. The summed E-state index contributed by atoms with van der Waals surface area (Å²) in [7, 11) is 0. The molecule has 0 aliphatic rings. The van der Waals surface area contributed by atoms with Crippen LogP contribution in [0.2, 0.25) is 0 Å². The molecule has 3 rings (SSSR count). The fourth-order valence-electron chi connectivity index (χ4n) is 2.53. The van der Waals surface area contributed by atoms with Crippen molar-refractivity contribution in [1.82, 2.24) is 0 Å². The summed E-state index contributed by atoms with van der Waals surface area (Å²) in [5.74, 6) is -0.668. The van der Waals surface area contributed by atoms with Crippen molar-refractivity contribution in [2.75, 3.05) is 0 Å². The third-order valence-corrected chi connectivity index (χ3v) is 3.53. The van der Waals surface area contributed by atoms with E-state index in [0.717, 1.165) is 10.8 Å². The number of carbonyl (C=O) groups is 1. The number of hydrogen-bond acceptors (Lipinski definition) is 4. The lowest BCUT2D eigenvalue weighted by molar-refractivity contribution is -0.121. The van der Waals surface area contributed by atoms with E-state index in [-0.39, 0.29) is 6.42 Å². The third-order valence-electron chi connectivity index (χ3n) is 3.53. The zero-order valence-electron chi connectivity index (χ0n) is 11.2. The Balaban J connectivity index is 2.12. The SMILES string of the molecule is NC(=O)CC(O)C(O)c1cccc2c1oc1ccccc12. The van der Waals surface area contributed by atoms with Crippen molar-refractivity contribution in [2.24, 2.45) is 5.73 Å². The van der Waals surface area contributed by atoms with Crippen molar-refractivity contribution in [1.29, 1.82) is 0 Å². The number of rotatable bonds is 4. The van der Waals surface area contributed by atoms with Crippen LogP contribution in [0.1, 0.15) is 18.1 Å². The van der Waals surface area contributed by atoms with Crippen LogP contribution >= 0.6 is 0 Å². The zero-order valence-corrected chi connectivity index (χ0v) is 11.2. The molecule has 0 fully saturated rings. The summed E-state index contributed by atoms with van der Waals surface area (Å²) >= 11 is 0. The highest BCUT2D eigenvalue weighted by molar-refractivity contribution is 6.05. The Kier molecular flexibility index (Phi) is 3.37. The van der Waals surface area contributed by atoms with Crippen LogP contribution in [0.3, 0.4) is 0 Å². The maximum atomic E-state index is 10.9. The number of carbonyl (C=O) groups excluding carboxylic acids is 1. The Hall–Kier alpha value is -2.37. The molecule has 2 unspecified atom stereocenters. The Bertz CT molecular complexity index is 808. The van der Waals surface area contributed by atoms with Gasteiger partial charge >= 0.3 is 0 Å². The highest BCUT2D eigenvalue weighted by atomic mass is 16.3. The van der Waals surface area contributed by atoms with Crippen LogP contribution in [0, 0.1) is 0 Å². The molecule has 0 spiro atoms. The Labute approximate surface area is 120 Å². The van der Waals surface area contributed by atoms with Crippen molar-refractivity contribution in [2.45, 2.75) is 18.6 Å². The maximum absolute atomic E-state index is 10.9. The van der Waals surface area contributed by atoms with Crippen LogP contribution < -0.4 is 5.73 Å². The first kappa shape index (κ1) is 13.6. The number of nitrogens with two attached hydrogens (primary N) is 1. The zero-order chi connectivity index (χ0) is 15.0. The minimum absolute atomic E-state index is 0.308. The van der Waals surface area contributed by atoms with Gasteiger partial charge in [0.25, 0.3) is 0 Å². The lowest BCUT2D eigenvalue weighted by atomic mass is 9.99. The Morgan fingerprint density at radius 2 is 1.81 bits per heavy atom. The number of primary amides is 1. The summed E-state index contributed by atoms with van der Waals surface area (Å²) in [6.45, 7) is 0. The normalized spacial score (nSPS) is 14.4. The van der Waals surface area contributed by atoms with Gasteiger partial charge in [-0.05, 0) is 6.07 Å². The molecule has 0 saturated heterocycles. The van der Waals surface area contributed by atoms with Crippen LogP contribution in [0.25, 0.3) is 21.9 Å². The average molecular weight is 285 g/mol. The van der Waals surface area contributed by atoms with E-state index in [2.05, 4.69) is 0 Å². The number of benzene rings is 2. The van der Waals surface area contributed by atoms with Crippen molar-refractivity contribution in [3.8, 4) is 0 Å². The van der Waals surface area contributed by atoms with E-state index >= 15 is 0 Å². The molecule has 0 aliphatic heterocycles. The molecule has 1 aromatic heterocycles. The molecule has 1 heterocycles. The number of aliphatic hydroxyl groups is 2. The van der Waals surface area contributed by atoms with E-state index in [1.807, 2.05) is 30.3 Å². The second kappa shape index (κ2) is 5.20. The lowest BCUT2D eigenvalue weighted by Gasteiger charge is -2.16. The van der Waals surface area contributed by atoms with E-state index < -0.39 is 18.1 Å². The van der Waals surface area contributed by atoms with Gasteiger partial charge in [0.1, 0.15) is 17.3 Å². The summed E-state index contributed by atoms with van der Waals surface area (Å²) in [4.78, 5) is 10.9. The minimum Gasteiger partial charge on any atom is -0.456 e. The van der Waals surface area contributed by atoms with Crippen molar-refractivity contribution in [3.05, 3.63) is 48.0 Å². The van der Waals surface area contributed by atoms with E-state index in [0.29, 0.717) is 16.7 Å². The van der Waals surface area contributed by atoms with Gasteiger partial charge in [-0.15, -0.1) is 0 Å². The molecule has 0 saturated carbocycles. The predicted octanol–water partition coefficient (Wildman–Crippen LogP) is 1.86. The van der Waals surface area contributed by atoms with Gasteiger partial charge in [0.2, 0.25) is 5.91 Å². The van der Waals surface area contributed by atoms with E-state index in [1.165, 1.54) is 0 Å². The second-order valence-corrected chi connectivity index (χ2v) is 5.00. The fraction of sp³-hybridized carbons (Fsp3) is 0.188. The van der Waals surface area contributed by atoms with Crippen molar-refractivity contribution >= 4 is 27.8 Å². The Morgan fingerprint density at radius 1 is 1.10 bits per heavy atom. The van der Waals surface area contributed by atoms with E-state index in [4.69, 9.17) is 10.2 Å². The first-order valence-corrected chi connectivity index (χ1v) is 6.62. The van der Waals surface area contributed by atoms with Crippen LogP contribution in [0.4, 0.5) is 0 Å². The number of fused-ring (bicyclic) bond motifs is 3. The molecule has 5 nitrogen and oxygen atoms in total. The molecule has 0 aliphatic carbocycles. The molecule has 0 bridgehead atoms. The van der Waals surface area contributed by atoms with E-state index in [9.17, 15) is 15.0 Å². The molecular formula is C16H15NO4. The summed E-state index contributed by atoms with van der Waals surface area (Å²) < 4.78 is 5.77. The first-order chi connectivity index (χ1) is 10.1. The quantitative estimate of drug-likeness (QED) is 0.681. The van der Waals surface area contributed by atoms with Gasteiger partial charge in [-0.3, -0.25) is 4.79 Å². The monoisotopic (exact) mass is 285 g/mol. The minimum atomic E-state index is -1.26. The van der Waals surface area contributed by atoms with Gasteiger partial charge in [-0.25, -0.2) is 0 Å². The second-order valence-electron chi connectivity index (χ2n) is 5.00. The molecule has 21 heavy (non-hydrogen) atoms. The van der Waals surface area contributed by atoms with Crippen LogP contribution in [-0.2, 0) is 4.79 Å². The molecule has 5 heteroatoms. The number of furan rings is 1. The molecular weight excluding hydrogens is 270 g/mol. The molecule has 3 aromatic rings. The van der Waals surface area contributed by atoms with Crippen LogP contribution in [-0.4, -0.2) is 22.2 Å². The van der Waals surface area contributed by atoms with Gasteiger partial charge < -0.3 is 20.4 Å². The van der Waals surface area contributed by atoms with Gasteiger partial charge in [0.05, 0.1) is 12.5 Å². The van der Waals surface area contributed by atoms with Gasteiger partial charge in [-0.1, -0.05) is 36.4 Å². The topological polar surface area (TPSA) is 96.7 Å². The largest absolute Gasteiger partial charge is 0.456 e. The summed E-state index contributed by atoms with van der Waals surface area (Å²) in [5.41, 5.74) is 6.71. The number of hydrogen-bond donors (Lipinski definition) is 3. The summed E-state index contributed by atoms with van der Waals surface area (Å²) in [6.07, 6.45) is -2.80. The lowest BCUT2D eigenvalue weighted by Crippen LogP contribution is -2.25. The van der Waals surface area contributed by atoms with Gasteiger partial charge in [0, 0.05) is 16.3 Å². The average Bonchev–Trinajstić information content (AvgIpc) is 2.84. The van der Waals surface area contributed by atoms with E-state index in [1.54, 1.807) is 12.1 Å². The third kappa shape index (κ3) is 2.37. The van der Waals surface area contributed by atoms with Crippen molar-refractivity contribution < 1.29 is 19.4 Å². The molecule has 0 radical (unpaired) electrons. The highest BCUT2D eigenvalue weighted by Gasteiger charge is 2.24. The standard InChI is InChI=1S/C16H15NO4/c17-14(19)8-12(18)15(20)11-6-3-5-10-9-4-1-2-7-13(9)21-16(10)11/h1-7,12,15,18,20H,8H2,(H2,17,19). The molecule has 2 atom stereocenters. The molecule has 4 N–H and O–H groups in total. The van der Waals surface area contributed by atoms with Crippen LogP contribution in [0.5, 0.6) is 0 Å². The first-order valence-electron chi connectivity index (χ1n) is 6.62. The Morgan fingerprint density at radius 3 is 2.57 bits per heavy atom. The molecule has 108 valence electrons. The maximum Gasteiger partial charge on any atom is 0.220 e. The number of aliphatic hydroxyl groups excluding tert-OH is 2. The molecule has 1 amide bonds. The summed E-state index contributed by atoms with van der Waals surface area (Å²) in [6, 6.07) is 12.9. The fourth-order valence-corrected chi connectivity index (χ4v) is 2.53. The summed E-state index contributed by atoms with van der Waals surface area (Å²) in [5, 5.41) is 21.9. The van der Waals surface area contributed by atoms with Crippen LogP contribution in [0.15, 0.2) is 46.9 Å². The van der Waals surface area contributed by atoms with Gasteiger partial charge in [-0.2, -0.15) is 0 Å². The highest BCUT2D eigenvalue weighted by Crippen LogP contribution is 2.34.